The van der Waals surface area contributed by atoms with E-state index in [1.165, 1.54) is 7.11 Å². The molecule has 0 N–H and O–H groups in total. The van der Waals surface area contributed by atoms with E-state index in [2.05, 4.69) is 11.3 Å². The van der Waals surface area contributed by atoms with E-state index in [9.17, 15) is 4.79 Å². The highest BCUT2D eigenvalue weighted by atomic mass is 35.5. The number of carbonyl (C=O) groups excluding carboxylic acids is 1. The SMILES string of the molecule is C=C(C(=O)OC)c1ccc(Cl)c(Cl)c1. The molecule has 0 unspecified atom stereocenters. The van der Waals surface area contributed by atoms with Crippen LogP contribution in [0, 0.1) is 0 Å². The van der Waals surface area contributed by atoms with Crippen molar-refractivity contribution < 1.29 is 9.53 Å². The van der Waals surface area contributed by atoms with E-state index < -0.39 is 5.97 Å². The summed E-state index contributed by atoms with van der Waals surface area (Å²) in [7, 11) is 1.30. The number of carbonyl (C=O) groups is 1. The van der Waals surface area contributed by atoms with Crippen LogP contribution in [-0.4, -0.2) is 13.1 Å². The molecule has 0 aliphatic carbocycles. The second-order valence-corrected chi connectivity index (χ2v) is 3.41. The molecule has 0 fully saturated rings. The molecule has 0 spiro atoms. The Morgan fingerprint density at radius 3 is 2.50 bits per heavy atom. The monoisotopic (exact) mass is 230 g/mol. The van der Waals surface area contributed by atoms with Gasteiger partial charge in [0, 0.05) is 0 Å². The largest absolute Gasteiger partial charge is 0.465 e. The zero-order valence-electron chi connectivity index (χ0n) is 7.51. The normalized spacial score (nSPS) is 9.64. The first-order valence-corrected chi connectivity index (χ1v) is 4.54. The van der Waals surface area contributed by atoms with Gasteiger partial charge in [0.05, 0.1) is 22.7 Å². The Balaban J connectivity index is 3.03. The molecule has 0 bridgehead atoms. The number of esters is 1. The summed E-state index contributed by atoms with van der Waals surface area (Å²) < 4.78 is 4.52. The quantitative estimate of drug-likeness (QED) is 0.577. The molecule has 14 heavy (non-hydrogen) atoms. The van der Waals surface area contributed by atoms with Crippen LogP contribution in [0.4, 0.5) is 0 Å². The third-order valence-electron chi connectivity index (χ3n) is 1.70. The second kappa shape index (κ2) is 4.49. The van der Waals surface area contributed by atoms with Crippen LogP contribution < -0.4 is 0 Å². The van der Waals surface area contributed by atoms with E-state index in [0.717, 1.165) is 0 Å². The molecule has 1 aromatic carbocycles. The Hall–Kier alpha value is -0.990. The fraction of sp³-hybridized carbons (Fsp3) is 0.100. The van der Waals surface area contributed by atoms with Crippen molar-refractivity contribution in [1.82, 2.24) is 0 Å². The molecule has 1 rings (SSSR count). The first-order valence-electron chi connectivity index (χ1n) is 3.79. The van der Waals surface area contributed by atoms with Crippen LogP contribution in [0.3, 0.4) is 0 Å². The standard InChI is InChI=1S/C10H8Cl2O2/c1-6(10(13)14-2)7-3-4-8(11)9(12)5-7/h3-5H,1H2,2H3. The summed E-state index contributed by atoms with van der Waals surface area (Å²) in [6.07, 6.45) is 0. The number of halogens is 2. The average Bonchev–Trinajstić information content (AvgIpc) is 2.20. The van der Waals surface area contributed by atoms with Gasteiger partial charge in [-0.15, -0.1) is 0 Å². The fourth-order valence-corrected chi connectivity index (χ4v) is 1.22. The van der Waals surface area contributed by atoms with Crippen molar-refractivity contribution in [3.05, 3.63) is 40.4 Å². The van der Waals surface area contributed by atoms with Crippen molar-refractivity contribution in [2.45, 2.75) is 0 Å². The molecule has 4 heteroatoms. The molecule has 0 aromatic heterocycles. The van der Waals surface area contributed by atoms with Gasteiger partial charge in [0.25, 0.3) is 0 Å². The number of benzene rings is 1. The molecular formula is C10H8Cl2O2. The Bertz CT molecular complexity index is 386. The molecule has 2 nitrogen and oxygen atoms in total. The number of hydrogen-bond acceptors (Lipinski definition) is 2. The van der Waals surface area contributed by atoms with Crippen LogP contribution in [0.25, 0.3) is 5.57 Å². The summed E-state index contributed by atoms with van der Waals surface area (Å²) in [5, 5.41) is 0.822. The Morgan fingerprint density at radius 1 is 1.36 bits per heavy atom. The van der Waals surface area contributed by atoms with Gasteiger partial charge in [-0.05, 0) is 17.7 Å². The third-order valence-corrected chi connectivity index (χ3v) is 2.44. The summed E-state index contributed by atoms with van der Waals surface area (Å²) in [5.74, 6) is -0.483. The highest BCUT2D eigenvalue weighted by Gasteiger charge is 2.10. The summed E-state index contributed by atoms with van der Waals surface area (Å²) in [5.41, 5.74) is 0.859. The maximum Gasteiger partial charge on any atom is 0.337 e. The highest BCUT2D eigenvalue weighted by molar-refractivity contribution is 6.42. The van der Waals surface area contributed by atoms with Crippen LogP contribution in [0.15, 0.2) is 24.8 Å². The number of ether oxygens (including phenoxy) is 1. The van der Waals surface area contributed by atoms with Gasteiger partial charge in [-0.2, -0.15) is 0 Å². The molecule has 0 aliphatic rings. The van der Waals surface area contributed by atoms with Crippen LogP contribution in [0.1, 0.15) is 5.56 Å². The first-order chi connectivity index (χ1) is 6.56. The minimum Gasteiger partial charge on any atom is -0.465 e. The molecule has 0 heterocycles. The van der Waals surface area contributed by atoms with Gasteiger partial charge in [0.2, 0.25) is 0 Å². The van der Waals surface area contributed by atoms with Gasteiger partial charge in [-0.1, -0.05) is 35.8 Å². The molecule has 0 radical (unpaired) electrons. The van der Waals surface area contributed by atoms with Gasteiger partial charge in [-0.3, -0.25) is 0 Å². The number of hydrogen-bond donors (Lipinski definition) is 0. The van der Waals surface area contributed by atoms with Crippen molar-refractivity contribution in [3.63, 3.8) is 0 Å². The van der Waals surface area contributed by atoms with E-state index in [4.69, 9.17) is 23.2 Å². The summed E-state index contributed by atoms with van der Waals surface area (Å²) in [6.45, 7) is 3.59. The lowest BCUT2D eigenvalue weighted by molar-refractivity contribution is -0.133. The first kappa shape index (κ1) is 11.1. The number of rotatable bonds is 2. The van der Waals surface area contributed by atoms with Gasteiger partial charge in [0.1, 0.15) is 0 Å². The molecule has 0 saturated carbocycles. The lowest BCUT2D eigenvalue weighted by Crippen LogP contribution is -2.02. The molecule has 1 aromatic rings. The lowest BCUT2D eigenvalue weighted by atomic mass is 10.1. The number of methoxy groups -OCH3 is 1. The minimum absolute atomic E-state index is 0.256. The van der Waals surface area contributed by atoms with Crippen LogP contribution >= 0.6 is 23.2 Å². The van der Waals surface area contributed by atoms with Crippen molar-refractivity contribution in [1.29, 1.82) is 0 Å². The predicted molar refractivity (Wildman–Crippen MR) is 57.5 cm³/mol. The smallest absolute Gasteiger partial charge is 0.337 e. The van der Waals surface area contributed by atoms with Crippen LogP contribution in [-0.2, 0) is 9.53 Å². The third kappa shape index (κ3) is 2.28. The summed E-state index contributed by atoms with van der Waals surface area (Å²) in [6, 6.07) is 4.84. The van der Waals surface area contributed by atoms with E-state index >= 15 is 0 Å². The van der Waals surface area contributed by atoms with Crippen LogP contribution in [0.5, 0.6) is 0 Å². The van der Waals surface area contributed by atoms with Crippen molar-refractivity contribution in [2.24, 2.45) is 0 Å². The average molecular weight is 231 g/mol. The highest BCUT2D eigenvalue weighted by Crippen LogP contribution is 2.25. The Kier molecular flexibility index (Phi) is 3.55. The lowest BCUT2D eigenvalue weighted by Gasteiger charge is -2.04. The molecule has 0 aliphatic heterocycles. The maximum atomic E-state index is 11.1. The zero-order valence-corrected chi connectivity index (χ0v) is 9.02. The van der Waals surface area contributed by atoms with Crippen molar-refractivity contribution >= 4 is 34.7 Å². The molecule has 74 valence electrons. The van der Waals surface area contributed by atoms with Gasteiger partial charge in [-0.25, -0.2) is 4.79 Å². The molecule has 0 saturated heterocycles. The topological polar surface area (TPSA) is 26.3 Å². The van der Waals surface area contributed by atoms with Crippen LogP contribution in [0.2, 0.25) is 10.0 Å². The summed E-state index contributed by atoms with van der Waals surface area (Å²) in [4.78, 5) is 11.1. The van der Waals surface area contributed by atoms with E-state index in [0.29, 0.717) is 15.6 Å². The van der Waals surface area contributed by atoms with E-state index in [-0.39, 0.29) is 5.57 Å². The molecule has 0 atom stereocenters. The Morgan fingerprint density at radius 2 is 2.00 bits per heavy atom. The summed E-state index contributed by atoms with van der Waals surface area (Å²) >= 11 is 11.5. The molecular weight excluding hydrogens is 223 g/mol. The Labute approximate surface area is 92.1 Å². The molecule has 0 amide bonds. The van der Waals surface area contributed by atoms with E-state index in [1.807, 2.05) is 0 Å². The second-order valence-electron chi connectivity index (χ2n) is 2.60. The predicted octanol–water partition coefficient (Wildman–Crippen LogP) is 3.18. The van der Waals surface area contributed by atoms with Gasteiger partial charge in [0.15, 0.2) is 0 Å². The van der Waals surface area contributed by atoms with Gasteiger partial charge >= 0.3 is 5.97 Å². The minimum atomic E-state index is -0.483. The van der Waals surface area contributed by atoms with E-state index in [1.54, 1.807) is 18.2 Å². The fourth-order valence-electron chi connectivity index (χ4n) is 0.925. The van der Waals surface area contributed by atoms with Gasteiger partial charge < -0.3 is 4.74 Å². The van der Waals surface area contributed by atoms with Crippen molar-refractivity contribution in [3.8, 4) is 0 Å². The zero-order chi connectivity index (χ0) is 10.7. The van der Waals surface area contributed by atoms with Crippen molar-refractivity contribution in [2.75, 3.05) is 7.11 Å². The maximum absolute atomic E-state index is 11.1.